The summed E-state index contributed by atoms with van der Waals surface area (Å²) in [4.78, 5) is 4.63. The number of H-pyrrole nitrogens is 1. The Kier molecular flexibility index (Phi) is 3.36. The molecule has 0 saturated carbocycles. The highest BCUT2D eigenvalue weighted by Gasteiger charge is 2.21. The van der Waals surface area contributed by atoms with Crippen LogP contribution in [0.3, 0.4) is 0 Å². The molecule has 1 aliphatic heterocycles. The third-order valence-electron chi connectivity index (χ3n) is 4.36. The van der Waals surface area contributed by atoms with E-state index in [1.165, 1.54) is 0 Å². The minimum absolute atomic E-state index is 0.0175. The summed E-state index contributed by atoms with van der Waals surface area (Å²) >= 11 is 6.31. The lowest BCUT2D eigenvalue weighted by Gasteiger charge is -2.12. The number of rotatable bonds is 3. The van der Waals surface area contributed by atoms with Gasteiger partial charge in [0.15, 0.2) is 5.65 Å². The Morgan fingerprint density at radius 2 is 2.24 bits per heavy atom. The van der Waals surface area contributed by atoms with Crippen LogP contribution in [0.4, 0.5) is 0 Å². The molecule has 1 aliphatic rings. The minimum Gasteiger partial charge on any atom is -0.471 e. The third-order valence-corrected chi connectivity index (χ3v) is 4.62. The van der Waals surface area contributed by atoms with E-state index in [-0.39, 0.29) is 6.10 Å². The summed E-state index contributed by atoms with van der Waals surface area (Å²) in [5, 5.41) is 12.9. The molecule has 0 bridgehead atoms. The summed E-state index contributed by atoms with van der Waals surface area (Å²) in [5.41, 5.74) is 3.56. The normalized spacial score (nSPS) is 17.6. The molecule has 1 aromatic carbocycles. The van der Waals surface area contributed by atoms with Gasteiger partial charge in [-0.3, -0.25) is 5.10 Å². The van der Waals surface area contributed by atoms with Crippen molar-refractivity contribution in [3.05, 3.63) is 41.8 Å². The van der Waals surface area contributed by atoms with Crippen molar-refractivity contribution in [1.82, 2.24) is 24.8 Å². The monoisotopic (exact) mass is 355 g/mol. The van der Waals surface area contributed by atoms with E-state index in [2.05, 4.69) is 20.3 Å². The van der Waals surface area contributed by atoms with Crippen molar-refractivity contribution >= 4 is 28.2 Å². The van der Waals surface area contributed by atoms with Gasteiger partial charge in [-0.15, -0.1) is 0 Å². The lowest BCUT2D eigenvalue weighted by atomic mass is 10.1. The molecule has 0 aliphatic carbocycles. The Morgan fingerprint density at radius 3 is 3.12 bits per heavy atom. The molecule has 0 radical (unpaired) electrons. The highest BCUT2D eigenvalue weighted by atomic mass is 35.5. The van der Waals surface area contributed by atoms with Gasteiger partial charge in [0, 0.05) is 17.4 Å². The van der Waals surface area contributed by atoms with E-state index in [0.717, 1.165) is 28.5 Å². The predicted octanol–water partition coefficient (Wildman–Crippen LogP) is 3.09. The maximum absolute atomic E-state index is 6.31. The van der Waals surface area contributed by atoms with Crippen LogP contribution in [0.5, 0.6) is 5.88 Å². The lowest BCUT2D eigenvalue weighted by Crippen LogP contribution is -2.17. The SMILES string of the molecule is Clc1cn2ncc(-c3cccc4[nH]ncc34)c2nc1O[C@H]1CCOC1. The smallest absolute Gasteiger partial charge is 0.236 e. The Labute approximate surface area is 147 Å². The fourth-order valence-corrected chi connectivity index (χ4v) is 3.29. The quantitative estimate of drug-likeness (QED) is 0.611. The van der Waals surface area contributed by atoms with E-state index in [1.54, 1.807) is 23.1 Å². The fraction of sp³-hybridized carbons (Fsp3) is 0.235. The van der Waals surface area contributed by atoms with Crippen molar-refractivity contribution in [2.24, 2.45) is 0 Å². The second-order valence-corrected chi connectivity index (χ2v) is 6.37. The molecule has 1 N–H and O–H groups in total. The zero-order valence-corrected chi connectivity index (χ0v) is 13.9. The van der Waals surface area contributed by atoms with E-state index in [0.29, 0.717) is 29.8 Å². The average molecular weight is 356 g/mol. The summed E-state index contributed by atoms with van der Waals surface area (Å²) in [6.45, 7) is 1.26. The first-order valence-corrected chi connectivity index (χ1v) is 8.38. The first kappa shape index (κ1) is 14.7. The van der Waals surface area contributed by atoms with Gasteiger partial charge >= 0.3 is 0 Å². The van der Waals surface area contributed by atoms with Crippen LogP contribution in [-0.2, 0) is 4.74 Å². The molecule has 4 aromatic rings. The van der Waals surface area contributed by atoms with Gasteiger partial charge in [0.2, 0.25) is 5.88 Å². The Balaban J connectivity index is 1.65. The maximum Gasteiger partial charge on any atom is 0.236 e. The minimum atomic E-state index is -0.0175. The van der Waals surface area contributed by atoms with Crippen LogP contribution >= 0.6 is 11.6 Å². The Hall–Kier alpha value is -2.64. The van der Waals surface area contributed by atoms with Crippen molar-refractivity contribution < 1.29 is 9.47 Å². The van der Waals surface area contributed by atoms with Crippen LogP contribution in [0, 0.1) is 0 Å². The van der Waals surface area contributed by atoms with Crippen LogP contribution in [0.1, 0.15) is 6.42 Å². The van der Waals surface area contributed by atoms with Gasteiger partial charge in [0.25, 0.3) is 0 Å². The van der Waals surface area contributed by atoms with E-state index in [4.69, 9.17) is 21.1 Å². The Morgan fingerprint density at radius 1 is 1.28 bits per heavy atom. The van der Waals surface area contributed by atoms with E-state index >= 15 is 0 Å². The molecule has 0 amide bonds. The number of hydrogen-bond donors (Lipinski definition) is 1. The highest BCUT2D eigenvalue weighted by molar-refractivity contribution is 6.31. The van der Waals surface area contributed by atoms with Crippen molar-refractivity contribution in [2.45, 2.75) is 12.5 Å². The van der Waals surface area contributed by atoms with E-state index < -0.39 is 0 Å². The number of nitrogens with one attached hydrogen (secondary N) is 1. The zero-order valence-electron chi connectivity index (χ0n) is 13.1. The molecule has 0 spiro atoms. The van der Waals surface area contributed by atoms with Crippen LogP contribution in [0.15, 0.2) is 36.8 Å². The van der Waals surface area contributed by atoms with Crippen LogP contribution in [-0.4, -0.2) is 44.1 Å². The summed E-state index contributed by atoms with van der Waals surface area (Å²) in [7, 11) is 0. The van der Waals surface area contributed by atoms with Gasteiger partial charge in [0.05, 0.1) is 37.3 Å². The second-order valence-electron chi connectivity index (χ2n) is 5.96. The molecule has 1 atom stereocenters. The molecule has 8 heteroatoms. The Bertz CT molecular complexity index is 1070. The van der Waals surface area contributed by atoms with Crippen LogP contribution in [0.25, 0.3) is 27.7 Å². The molecular formula is C17H14ClN5O2. The third kappa shape index (κ3) is 2.43. The largest absolute Gasteiger partial charge is 0.471 e. The summed E-state index contributed by atoms with van der Waals surface area (Å²) in [5.74, 6) is 0.408. The average Bonchev–Trinajstić information content (AvgIpc) is 3.35. The van der Waals surface area contributed by atoms with Crippen molar-refractivity contribution in [2.75, 3.05) is 13.2 Å². The second kappa shape index (κ2) is 5.72. The summed E-state index contributed by atoms with van der Waals surface area (Å²) < 4.78 is 12.9. The number of ether oxygens (including phenoxy) is 2. The van der Waals surface area contributed by atoms with Crippen molar-refractivity contribution in [3.63, 3.8) is 0 Å². The van der Waals surface area contributed by atoms with Gasteiger partial charge in [0.1, 0.15) is 11.1 Å². The van der Waals surface area contributed by atoms with E-state index in [9.17, 15) is 0 Å². The molecule has 25 heavy (non-hydrogen) atoms. The van der Waals surface area contributed by atoms with Crippen molar-refractivity contribution in [3.8, 4) is 17.0 Å². The molecule has 0 unspecified atom stereocenters. The first-order chi connectivity index (χ1) is 12.3. The fourth-order valence-electron chi connectivity index (χ4n) is 3.11. The van der Waals surface area contributed by atoms with Gasteiger partial charge in [-0.2, -0.15) is 15.2 Å². The molecule has 3 aromatic heterocycles. The summed E-state index contributed by atoms with van der Waals surface area (Å²) in [6.07, 6.45) is 6.12. The lowest BCUT2D eigenvalue weighted by molar-refractivity contribution is 0.138. The highest BCUT2D eigenvalue weighted by Crippen LogP contribution is 2.32. The number of aromatic amines is 1. The van der Waals surface area contributed by atoms with Gasteiger partial charge in [-0.05, 0) is 11.6 Å². The molecule has 7 nitrogen and oxygen atoms in total. The number of hydrogen-bond acceptors (Lipinski definition) is 5. The van der Waals surface area contributed by atoms with Crippen molar-refractivity contribution in [1.29, 1.82) is 0 Å². The molecule has 1 saturated heterocycles. The van der Waals surface area contributed by atoms with E-state index in [1.807, 2.05) is 18.2 Å². The van der Waals surface area contributed by atoms with Crippen LogP contribution < -0.4 is 4.74 Å². The molecule has 126 valence electrons. The number of benzene rings is 1. The number of fused-ring (bicyclic) bond motifs is 2. The maximum atomic E-state index is 6.31. The first-order valence-electron chi connectivity index (χ1n) is 8.00. The number of halogens is 1. The van der Waals surface area contributed by atoms with Gasteiger partial charge in [-0.1, -0.05) is 23.7 Å². The predicted molar refractivity (Wildman–Crippen MR) is 92.9 cm³/mol. The standard InChI is InChI=1S/C17H14ClN5O2/c18-14-8-23-16(21-17(14)25-10-4-5-24-9-10)13(7-20-23)11-2-1-3-15-12(11)6-19-22-15/h1-3,6-8,10H,4-5,9H2,(H,19,22)/t10-/m0/s1. The zero-order chi connectivity index (χ0) is 16.8. The molecule has 1 fully saturated rings. The molecule has 4 heterocycles. The molecule has 5 rings (SSSR count). The topological polar surface area (TPSA) is 77.3 Å². The van der Waals surface area contributed by atoms with Crippen LogP contribution in [0.2, 0.25) is 5.02 Å². The summed E-state index contributed by atoms with van der Waals surface area (Å²) in [6, 6.07) is 5.98. The van der Waals surface area contributed by atoms with Gasteiger partial charge in [-0.25, -0.2) is 4.52 Å². The number of nitrogens with zero attached hydrogens (tertiary/aromatic N) is 4. The number of aromatic nitrogens is 5. The van der Waals surface area contributed by atoms with Gasteiger partial charge < -0.3 is 9.47 Å². The molecular weight excluding hydrogens is 342 g/mol.